The maximum absolute atomic E-state index is 14.1. The van der Waals surface area contributed by atoms with E-state index >= 15 is 0 Å². The summed E-state index contributed by atoms with van der Waals surface area (Å²) in [6.45, 7) is 3.99. The first-order valence-corrected chi connectivity index (χ1v) is 12.4. The lowest BCUT2D eigenvalue weighted by Gasteiger charge is -2.38. The standard InChI is InChI=1S/C26H23FN4O4S/c1-26(2)11-18-21(19(32)12-26)20(14-7-5-8-16(10-14)31(34)35)22-23(28-18)29-25(30-24(22)33)36-13-15-6-3-4-9-17(15)27/h3-10,20H,11-13H2,1-2H3,(H2,28,29,30,33)/t20-/m1/s1. The van der Waals surface area contributed by atoms with Crippen LogP contribution in [0.15, 0.2) is 69.8 Å². The highest BCUT2D eigenvalue weighted by Gasteiger charge is 2.42. The molecule has 1 aliphatic heterocycles. The van der Waals surface area contributed by atoms with Gasteiger partial charge in [0.2, 0.25) is 0 Å². The summed E-state index contributed by atoms with van der Waals surface area (Å²) in [6.07, 6.45) is 0.862. The van der Waals surface area contributed by atoms with Crippen LogP contribution >= 0.6 is 11.8 Å². The summed E-state index contributed by atoms with van der Waals surface area (Å²) in [5, 5.41) is 15.0. The Morgan fingerprint density at radius 1 is 1.17 bits per heavy atom. The van der Waals surface area contributed by atoms with Crippen molar-refractivity contribution < 1.29 is 14.1 Å². The highest BCUT2D eigenvalue weighted by molar-refractivity contribution is 7.98. The number of thioether (sulfide) groups is 1. The number of ketones is 1. The third kappa shape index (κ3) is 4.44. The summed E-state index contributed by atoms with van der Waals surface area (Å²) >= 11 is 1.19. The van der Waals surface area contributed by atoms with Crippen molar-refractivity contribution in [3.63, 3.8) is 0 Å². The molecule has 0 saturated carbocycles. The number of non-ortho nitro benzene ring substituents is 1. The van der Waals surface area contributed by atoms with E-state index in [1.165, 1.54) is 30.0 Å². The van der Waals surface area contributed by atoms with Crippen LogP contribution in [0.5, 0.6) is 0 Å². The molecule has 5 rings (SSSR count). The number of carbonyl (C=O) groups excluding carboxylic acids is 1. The van der Waals surface area contributed by atoms with Gasteiger partial charge in [-0.15, -0.1) is 0 Å². The highest BCUT2D eigenvalue weighted by Crippen LogP contribution is 2.48. The van der Waals surface area contributed by atoms with E-state index in [-0.39, 0.29) is 34.0 Å². The molecule has 0 spiro atoms. The molecule has 8 nitrogen and oxygen atoms in total. The third-order valence-corrected chi connectivity index (χ3v) is 7.36. The molecule has 0 fully saturated rings. The molecule has 2 heterocycles. The zero-order valence-corrected chi connectivity index (χ0v) is 20.4. The second-order valence-electron chi connectivity index (χ2n) is 9.76. The van der Waals surface area contributed by atoms with Crippen LogP contribution in [0.4, 0.5) is 15.9 Å². The number of fused-ring (bicyclic) bond motifs is 1. The molecule has 10 heteroatoms. The Kier molecular flexibility index (Phi) is 5.99. The number of hydrogen-bond donors (Lipinski definition) is 2. The number of Topliss-reactive ketones (excluding diaryl/α,β-unsaturated/α-hetero) is 1. The van der Waals surface area contributed by atoms with Crippen molar-refractivity contribution in [3.8, 4) is 0 Å². The van der Waals surface area contributed by atoms with Crippen LogP contribution in [-0.4, -0.2) is 20.7 Å². The average molecular weight is 507 g/mol. The van der Waals surface area contributed by atoms with E-state index in [2.05, 4.69) is 15.3 Å². The van der Waals surface area contributed by atoms with Crippen LogP contribution in [-0.2, 0) is 10.5 Å². The topological polar surface area (TPSA) is 118 Å². The Labute approximate surface area is 210 Å². The molecule has 0 unspecified atom stereocenters. The fourth-order valence-corrected chi connectivity index (χ4v) is 5.72. The fourth-order valence-electron chi connectivity index (χ4n) is 4.87. The van der Waals surface area contributed by atoms with Gasteiger partial charge in [0.1, 0.15) is 11.6 Å². The number of nitrogens with one attached hydrogen (secondary N) is 2. The van der Waals surface area contributed by atoms with Crippen LogP contribution in [0.3, 0.4) is 0 Å². The van der Waals surface area contributed by atoms with Gasteiger partial charge in [-0.25, -0.2) is 9.37 Å². The molecule has 1 atom stereocenters. The Morgan fingerprint density at radius 3 is 2.69 bits per heavy atom. The predicted molar refractivity (Wildman–Crippen MR) is 134 cm³/mol. The number of nitro groups is 1. The van der Waals surface area contributed by atoms with E-state index in [1.807, 2.05) is 13.8 Å². The quantitative estimate of drug-likeness (QED) is 0.208. The molecule has 2 aromatic carbocycles. The number of allylic oxidation sites excluding steroid dienone is 2. The first-order chi connectivity index (χ1) is 17.1. The van der Waals surface area contributed by atoms with Gasteiger partial charge in [0.05, 0.1) is 10.5 Å². The van der Waals surface area contributed by atoms with Crippen LogP contribution in [0.2, 0.25) is 0 Å². The molecular formula is C26H23FN4O4S. The van der Waals surface area contributed by atoms with Crippen molar-refractivity contribution in [1.82, 2.24) is 9.97 Å². The summed E-state index contributed by atoms with van der Waals surface area (Å²) in [5.74, 6) is -0.667. The molecule has 0 radical (unpaired) electrons. The van der Waals surface area contributed by atoms with Gasteiger partial charge >= 0.3 is 0 Å². The minimum Gasteiger partial charge on any atom is -0.343 e. The third-order valence-electron chi connectivity index (χ3n) is 6.44. The number of H-pyrrole nitrogens is 1. The number of rotatable bonds is 5. The Balaban J connectivity index is 1.61. The van der Waals surface area contributed by atoms with Gasteiger partial charge in [0, 0.05) is 41.5 Å². The van der Waals surface area contributed by atoms with Crippen LogP contribution in [0.25, 0.3) is 0 Å². The lowest BCUT2D eigenvalue weighted by Crippen LogP contribution is -2.37. The van der Waals surface area contributed by atoms with Crippen LogP contribution in [0, 0.1) is 21.3 Å². The van der Waals surface area contributed by atoms with Crippen LogP contribution in [0.1, 0.15) is 49.3 Å². The van der Waals surface area contributed by atoms with Gasteiger partial charge in [-0.05, 0) is 29.0 Å². The maximum atomic E-state index is 14.1. The van der Waals surface area contributed by atoms with Crippen molar-refractivity contribution in [2.24, 2.45) is 5.41 Å². The van der Waals surface area contributed by atoms with Crippen molar-refractivity contribution in [2.45, 2.75) is 43.5 Å². The number of nitrogens with zero attached hydrogens (tertiary/aromatic N) is 2. The molecule has 0 bridgehead atoms. The lowest BCUT2D eigenvalue weighted by molar-refractivity contribution is -0.384. The van der Waals surface area contributed by atoms with E-state index < -0.39 is 16.4 Å². The molecule has 0 saturated heterocycles. The van der Waals surface area contributed by atoms with Crippen molar-refractivity contribution in [2.75, 3.05) is 5.32 Å². The molecule has 36 heavy (non-hydrogen) atoms. The number of anilines is 1. The number of carbonyl (C=O) groups is 1. The second kappa shape index (κ2) is 9.02. The summed E-state index contributed by atoms with van der Waals surface area (Å²) in [4.78, 5) is 45.0. The van der Waals surface area contributed by atoms with Crippen molar-refractivity contribution >= 4 is 29.1 Å². The van der Waals surface area contributed by atoms with Gasteiger partial charge in [-0.3, -0.25) is 19.7 Å². The Hall–Kier alpha value is -3.79. The fraction of sp³-hybridized carbons (Fsp3) is 0.269. The smallest absolute Gasteiger partial charge is 0.269 e. The molecule has 2 N–H and O–H groups in total. The second-order valence-corrected chi connectivity index (χ2v) is 10.7. The summed E-state index contributed by atoms with van der Waals surface area (Å²) < 4.78 is 14.1. The number of hydrogen-bond acceptors (Lipinski definition) is 7. The first kappa shape index (κ1) is 23.9. The minimum absolute atomic E-state index is 0.103. The number of halogens is 1. The van der Waals surface area contributed by atoms with E-state index in [1.54, 1.807) is 30.3 Å². The number of benzene rings is 2. The normalized spacial score (nSPS) is 18.3. The molecule has 2 aliphatic rings. The summed E-state index contributed by atoms with van der Waals surface area (Å²) in [7, 11) is 0. The molecular weight excluding hydrogens is 483 g/mol. The first-order valence-electron chi connectivity index (χ1n) is 11.4. The number of aromatic nitrogens is 2. The van der Waals surface area contributed by atoms with Crippen molar-refractivity contribution in [3.05, 3.63) is 103 Å². The SMILES string of the molecule is CC1(C)CC(=O)C2=C(C1)Nc1nc(SCc3ccccc3F)[nH]c(=O)c1[C@@H]2c1cccc([N+](=O)[O-])c1. The molecule has 1 aromatic heterocycles. The number of nitro benzene ring substituents is 1. The average Bonchev–Trinajstić information content (AvgIpc) is 2.81. The van der Waals surface area contributed by atoms with Gasteiger partial charge in [-0.2, -0.15) is 0 Å². The van der Waals surface area contributed by atoms with Crippen molar-refractivity contribution in [1.29, 1.82) is 0 Å². The largest absolute Gasteiger partial charge is 0.343 e. The minimum atomic E-state index is -0.790. The zero-order chi connectivity index (χ0) is 25.6. The van der Waals surface area contributed by atoms with Gasteiger partial charge in [-0.1, -0.05) is 55.9 Å². The van der Waals surface area contributed by atoms with E-state index in [4.69, 9.17) is 0 Å². The monoisotopic (exact) mass is 506 g/mol. The zero-order valence-electron chi connectivity index (χ0n) is 19.6. The Bertz CT molecular complexity index is 1500. The molecule has 0 amide bonds. The van der Waals surface area contributed by atoms with E-state index in [9.17, 15) is 24.1 Å². The van der Waals surface area contributed by atoms with Gasteiger partial charge in [0.15, 0.2) is 10.9 Å². The Morgan fingerprint density at radius 2 is 1.94 bits per heavy atom. The molecule has 184 valence electrons. The highest BCUT2D eigenvalue weighted by atomic mass is 32.2. The predicted octanol–water partition coefficient (Wildman–Crippen LogP) is 5.31. The van der Waals surface area contributed by atoms with E-state index in [0.29, 0.717) is 46.2 Å². The summed E-state index contributed by atoms with van der Waals surface area (Å²) in [5.41, 5.74) is 1.44. The molecule has 1 aliphatic carbocycles. The van der Waals surface area contributed by atoms with Gasteiger partial charge < -0.3 is 10.3 Å². The lowest BCUT2D eigenvalue weighted by atomic mass is 9.69. The maximum Gasteiger partial charge on any atom is 0.269 e. The number of aromatic amines is 1. The van der Waals surface area contributed by atoms with E-state index in [0.717, 1.165) is 0 Å². The summed E-state index contributed by atoms with van der Waals surface area (Å²) in [6, 6.07) is 12.4. The van der Waals surface area contributed by atoms with Gasteiger partial charge in [0.25, 0.3) is 11.2 Å². The molecule has 3 aromatic rings. The van der Waals surface area contributed by atoms with Crippen LogP contribution < -0.4 is 10.9 Å².